The molecule has 168 valence electrons. The van der Waals surface area contributed by atoms with Crippen LogP contribution in [0.3, 0.4) is 0 Å². The van der Waals surface area contributed by atoms with Gasteiger partial charge in [0.2, 0.25) is 0 Å². The predicted molar refractivity (Wildman–Crippen MR) is 134 cm³/mol. The second kappa shape index (κ2) is 9.39. The molecule has 1 atom stereocenters. The third kappa shape index (κ3) is 5.11. The quantitative estimate of drug-likeness (QED) is 0.189. The zero-order chi connectivity index (χ0) is 22.2. The number of anilines is 1. The van der Waals surface area contributed by atoms with Gasteiger partial charge in [0.1, 0.15) is 5.75 Å². The molecular weight excluding hydrogens is 469 g/mol. The third-order valence-corrected chi connectivity index (χ3v) is 8.83. The van der Waals surface area contributed by atoms with Crippen molar-refractivity contribution in [2.24, 2.45) is 0 Å². The van der Waals surface area contributed by atoms with Crippen molar-refractivity contribution in [3.63, 3.8) is 0 Å². The summed E-state index contributed by atoms with van der Waals surface area (Å²) in [5, 5.41) is 5.59. The first-order valence-electron chi connectivity index (χ1n) is 10.8. The lowest BCUT2D eigenvalue weighted by atomic mass is 9.97. The molecular formula is C22H29Cl2N3O2SSi. The number of fused-ring (bicyclic) bond motifs is 1. The van der Waals surface area contributed by atoms with Gasteiger partial charge in [-0.3, -0.25) is 4.68 Å². The van der Waals surface area contributed by atoms with Crippen LogP contribution in [0, 0.1) is 0 Å². The monoisotopic (exact) mass is 497 g/mol. The summed E-state index contributed by atoms with van der Waals surface area (Å²) in [5.41, 5.74) is 3.31. The molecule has 2 aromatic rings. The Kier molecular flexibility index (Phi) is 6.98. The van der Waals surface area contributed by atoms with E-state index in [1.807, 2.05) is 12.3 Å². The average molecular weight is 499 g/mol. The zero-order valence-electron chi connectivity index (χ0n) is 18.3. The molecule has 0 amide bonds. The van der Waals surface area contributed by atoms with Crippen LogP contribution in [-0.2, 0) is 17.7 Å². The molecule has 3 heterocycles. The molecule has 0 bridgehead atoms. The van der Waals surface area contributed by atoms with E-state index in [2.05, 4.69) is 34.3 Å². The van der Waals surface area contributed by atoms with Crippen molar-refractivity contribution in [2.45, 2.75) is 57.4 Å². The van der Waals surface area contributed by atoms with E-state index in [0.717, 1.165) is 60.4 Å². The number of aryl methyl sites for hydroxylation is 1. The summed E-state index contributed by atoms with van der Waals surface area (Å²) in [5.74, 6) is 0.824. The molecule has 0 N–H and O–H groups in total. The van der Waals surface area contributed by atoms with E-state index in [-0.39, 0.29) is 12.7 Å². The van der Waals surface area contributed by atoms with Gasteiger partial charge >= 0.3 is 0 Å². The first kappa shape index (κ1) is 23.0. The molecule has 2 aliphatic rings. The Morgan fingerprint density at radius 1 is 1.26 bits per heavy atom. The van der Waals surface area contributed by atoms with E-state index >= 15 is 0 Å². The number of benzene rings is 1. The van der Waals surface area contributed by atoms with Gasteiger partial charge in [-0.2, -0.15) is 5.10 Å². The Bertz CT molecular complexity index is 976. The highest BCUT2D eigenvalue weighted by Gasteiger charge is 2.35. The average Bonchev–Trinajstić information content (AvgIpc) is 3.39. The first-order valence-corrected chi connectivity index (χ1v) is 15.7. The van der Waals surface area contributed by atoms with Gasteiger partial charge in [0.15, 0.2) is 6.79 Å². The molecule has 5 nitrogen and oxygen atoms in total. The minimum Gasteiger partial charge on any atom is -0.467 e. The highest BCUT2D eigenvalue weighted by atomic mass is 35.5. The summed E-state index contributed by atoms with van der Waals surface area (Å²) in [4.78, 5) is 3.11. The topological polar surface area (TPSA) is 39.5 Å². The van der Waals surface area contributed by atoms with Crippen molar-refractivity contribution >= 4 is 54.2 Å². The Balaban J connectivity index is 1.49. The molecule has 0 unspecified atom stereocenters. The summed E-state index contributed by atoms with van der Waals surface area (Å²) < 4.78 is 13.8. The summed E-state index contributed by atoms with van der Waals surface area (Å²) >= 11 is 18.8. The van der Waals surface area contributed by atoms with Crippen LogP contribution in [0.4, 0.5) is 5.69 Å². The Hall–Kier alpha value is -1.12. The Labute approximate surface area is 200 Å². The maximum atomic E-state index is 6.67. The highest BCUT2D eigenvalue weighted by Crippen LogP contribution is 2.44. The van der Waals surface area contributed by atoms with Crippen LogP contribution in [0.5, 0.6) is 5.75 Å². The van der Waals surface area contributed by atoms with E-state index in [1.54, 1.807) is 6.07 Å². The standard InChI is InChI=1S/C22H29Cl2N3O2SSi/c1-31(2,3)10-9-28-14-29-19-7-6-16(23)22(24)21(19)15-11-20(30)26(13-15)18-12-25-27-8-4-5-17(18)27/h6-7,12,15H,4-5,8-11,13-14H2,1-3H3/t15-/m0/s1. The molecule has 0 radical (unpaired) electrons. The first-order chi connectivity index (χ1) is 14.7. The highest BCUT2D eigenvalue weighted by molar-refractivity contribution is 7.80. The van der Waals surface area contributed by atoms with E-state index in [9.17, 15) is 0 Å². The predicted octanol–water partition coefficient (Wildman–Crippen LogP) is 6.15. The number of aromatic nitrogens is 2. The minimum atomic E-state index is -1.13. The lowest BCUT2D eigenvalue weighted by Gasteiger charge is -2.21. The van der Waals surface area contributed by atoms with E-state index in [1.165, 1.54) is 5.69 Å². The van der Waals surface area contributed by atoms with Gasteiger partial charge in [-0.15, -0.1) is 0 Å². The molecule has 1 saturated heterocycles. The lowest BCUT2D eigenvalue weighted by Crippen LogP contribution is -2.24. The van der Waals surface area contributed by atoms with Crippen molar-refractivity contribution in [1.29, 1.82) is 0 Å². The number of ether oxygens (including phenoxy) is 2. The second-order valence-corrected chi connectivity index (χ2v) is 16.3. The number of halogens is 2. The fourth-order valence-corrected chi connectivity index (χ4v) is 5.81. The molecule has 1 fully saturated rings. The molecule has 0 aliphatic carbocycles. The van der Waals surface area contributed by atoms with Crippen LogP contribution in [0.2, 0.25) is 35.7 Å². The lowest BCUT2D eigenvalue weighted by molar-refractivity contribution is 0.0213. The smallest absolute Gasteiger partial charge is 0.189 e. The molecule has 4 rings (SSSR count). The molecule has 0 spiro atoms. The summed E-state index contributed by atoms with van der Waals surface area (Å²) in [6.45, 7) is 9.63. The molecule has 1 aromatic carbocycles. The molecule has 2 aliphatic heterocycles. The van der Waals surface area contributed by atoms with Gasteiger partial charge in [-0.1, -0.05) is 55.1 Å². The maximum Gasteiger partial charge on any atom is 0.189 e. The van der Waals surface area contributed by atoms with Gasteiger partial charge in [-0.05, 0) is 31.0 Å². The number of rotatable bonds is 8. The number of nitrogens with zero attached hydrogens (tertiary/aromatic N) is 3. The van der Waals surface area contributed by atoms with Gasteiger partial charge < -0.3 is 14.4 Å². The van der Waals surface area contributed by atoms with Crippen LogP contribution >= 0.6 is 35.4 Å². The van der Waals surface area contributed by atoms with Crippen molar-refractivity contribution in [2.75, 3.05) is 24.8 Å². The van der Waals surface area contributed by atoms with Gasteiger partial charge in [0.25, 0.3) is 0 Å². The van der Waals surface area contributed by atoms with Crippen LogP contribution in [0.15, 0.2) is 18.3 Å². The molecule has 1 aromatic heterocycles. The number of hydrogen-bond donors (Lipinski definition) is 0. The van der Waals surface area contributed by atoms with E-state index in [0.29, 0.717) is 16.7 Å². The fourth-order valence-electron chi connectivity index (χ4n) is 4.20. The SMILES string of the molecule is C[Si](C)(C)CCOCOc1ccc(Cl)c(Cl)c1[C@H]1CC(=S)N(c2cnn3c2CCC3)C1. The van der Waals surface area contributed by atoms with Crippen molar-refractivity contribution < 1.29 is 9.47 Å². The fraction of sp³-hybridized carbons (Fsp3) is 0.545. The normalized spacial score (nSPS) is 18.7. The largest absolute Gasteiger partial charge is 0.467 e. The molecule has 9 heteroatoms. The van der Waals surface area contributed by atoms with Crippen molar-refractivity contribution in [1.82, 2.24) is 9.78 Å². The van der Waals surface area contributed by atoms with Crippen LogP contribution < -0.4 is 9.64 Å². The van der Waals surface area contributed by atoms with Crippen molar-refractivity contribution in [3.05, 3.63) is 39.6 Å². The molecule has 0 saturated carbocycles. The Morgan fingerprint density at radius 3 is 2.84 bits per heavy atom. The number of hydrogen-bond acceptors (Lipinski definition) is 4. The number of thiocarbonyl (C=S) groups is 1. The van der Waals surface area contributed by atoms with Gasteiger partial charge in [0.05, 0.1) is 32.6 Å². The van der Waals surface area contributed by atoms with Gasteiger partial charge in [-0.25, -0.2) is 0 Å². The van der Waals surface area contributed by atoms with Crippen LogP contribution in [0.1, 0.15) is 30.0 Å². The van der Waals surface area contributed by atoms with Gasteiger partial charge in [0, 0.05) is 45.7 Å². The summed E-state index contributed by atoms with van der Waals surface area (Å²) in [6, 6.07) is 4.77. The third-order valence-electron chi connectivity index (χ3n) is 5.92. The maximum absolute atomic E-state index is 6.67. The van der Waals surface area contributed by atoms with E-state index in [4.69, 9.17) is 44.9 Å². The zero-order valence-corrected chi connectivity index (χ0v) is 21.6. The second-order valence-electron chi connectivity index (χ2n) is 9.46. The van der Waals surface area contributed by atoms with Crippen LogP contribution in [0.25, 0.3) is 0 Å². The summed E-state index contributed by atoms with van der Waals surface area (Å²) in [7, 11) is -1.13. The molecule has 31 heavy (non-hydrogen) atoms. The van der Waals surface area contributed by atoms with Crippen molar-refractivity contribution in [3.8, 4) is 5.75 Å². The van der Waals surface area contributed by atoms with E-state index < -0.39 is 8.07 Å². The Morgan fingerprint density at radius 2 is 2.06 bits per heavy atom. The summed E-state index contributed by atoms with van der Waals surface area (Å²) in [6.07, 6.45) is 4.84. The van der Waals surface area contributed by atoms with Crippen LogP contribution in [-0.4, -0.2) is 42.8 Å². The minimum absolute atomic E-state index is 0.104.